The highest BCUT2D eigenvalue weighted by molar-refractivity contribution is 8.26. The van der Waals surface area contributed by atoms with Crippen molar-refractivity contribution < 1.29 is 19.5 Å². The molecule has 5 nitrogen and oxygen atoms in total. The first kappa shape index (κ1) is 16.4. The van der Waals surface area contributed by atoms with Crippen molar-refractivity contribution in [3.8, 4) is 0 Å². The Morgan fingerprint density at radius 2 is 1.91 bits per heavy atom. The van der Waals surface area contributed by atoms with Gasteiger partial charge in [0.25, 0.3) is 5.91 Å². The van der Waals surface area contributed by atoms with Crippen LogP contribution in [0.4, 0.5) is 0 Å². The van der Waals surface area contributed by atoms with Crippen LogP contribution in [0.2, 0.25) is 0 Å². The summed E-state index contributed by atoms with van der Waals surface area (Å²) in [7, 11) is 0. The number of thiocarbonyl (C=S) groups is 1. The van der Waals surface area contributed by atoms with Gasteiger partial charge in [0.05, 0.1) is 4.91 Å². The van der Waals surface area contributed by atoms with Gasteiger partial charge >= 0.3 is 0 Å². The topological polar surface area (TPSA) is 77.5 Å². The fourth-order valence-electron chi connectivity index (χ4n) is 1.90. The van der Waals surface area contributed by atoms with E-state index in [-0.39, 0.29) is 18.9 Å². The number of rotatable bonds is 6. The summed E-state index contributed by atoms with van der Waals surface area (Å²) in [5.74, 6) is -1.37. The number of carboxylic acid groups (broad SMARTS) is 1. The zero-order chi connectivity index (χ0) is 16.1. The van der Waals surface area contributed by atoms with E-state index in [0.29, 0.717) is 21.2 Å². The predicted octanol–water partition coefficient (Wildman–Crippen LogP) is 1.23. The number of carbonyl (C=O) groups excluding carboxylic acids is 3. The van der Waals surface area contributed by atoms with Crippen LogP contribution in [0.15, 0.2) is 29.2 Å². The van der Waals surface area contributed by atoms with Crippen LogP contribution in [0.1, 0.15) is 28.8 Å². The Hall–Kier alpha value is -1.99. The summed E-state index contributed by atoms with van der Waals surface area (Å²) in [4.78, 5) is 35.1. The lowest BCUT2D eigenvalue weighted by Gasteiger charge is -2.14. The molecule has 0 N–H and O–H groups in total. The number of aldehydes is 1. The molecule has 1 saturated heterocycles. The first-order valence-electron chi connectivity index (χ1n) is 6.51. The molecule has 1 aliphatic heterocycles. The average Bonchev–Trinajstić information content (AvgIpc) is 2.75. The van der Waals surface area contributed by atoms with Gasteiger partial charge in [0.1, 0.15) is 10.6 Å². The van der Waals surface area contributed by atoms with Crippen LogP contribution >= 0.6 is 24.0 Å². The van der Waals surface area contributed by atoms with Crippen LogP contribution in [-0.2, 0) is 9.59 Å². The van der Waals surface area contributed by atoms with Crippen LogP contribution < -0.4 is 5.11 Å². The lowest BCUT2D eigenvalue weighted by Crippen LogP contribution is -2.30. The van der Waals surface area contributed by atoms with Gasteiger partial charge in [-0.05, 0) is 24.5 Å². The minimum absolute atomic E-state index is 0.108. The van der Waals surface area contributed by atoms with E-state index in [2.05, 4.69) is 0 Å². The maximum absolute atomic E-state index is 12.2. The molecule has 0 atom stereocenters. The number of hydrogen-bond acceptors (Lipinski definition) is 6. The first-order chi connectivity index (χ1) is 10.5. The molecular formula is C15H12NO4S2-. The molecule has 0 spiro atoms. The third-order valence-corrected chi connectivity index (χ3v) is 4.38. The summed E-state index contributed by atoms with van der Waals surface area (Å²) in [6.07, 6.45) is 2.65. The molecule has 1 aliphatic rings. The molecule has 1 aromatic rings. The molecule has 2 rings (SSSR count). The second-order valence-corrected chi connectivity index (χ2v) is 6.27. The van der Waals surface area contributed by atoms with Crippen molar-refractivity contribution in [3.63, 3.8) is 0 Å². The maximum atomic E-state index is 12.2. The van der Waals surface area contributed by atoms with Gasteiger partial charge in [-0.25, -0.2) is 0 Å². The van der Waals surface area contributed by atoms with E-state index in [1.807, 2.05) is 0 Å². The van der Waals surface area contributed by atoms with E-state index >= 15 is 0 Å². The lowest BCUT2D eigenvalue weighted by atomic mass is 10.1. The molecule has 7 heteroatoms. The van der Waals surface area contributed by atoms with E-state index in [9.17, 15) is 19.5 Å². The van der Waals surface area contributed by atoms with Crippen LogP contribution in [-0.4, -0.2) is 33.9 Å². The number of amides is 1. The standard InChI is InChI=1S/C15H13NO4S2/c17-9-11-5-3-10(4-6-11)8-12-14(20)16(15(21)22-12)7-1-2-13(18)19/h3-6,8-9H,1-2,7H2,(H,18,19)/p-1/b12-8-. The lowest BCUT2D eigenvalue weighted by molar-refractivity contribution is -0.305. The molecule has 1 amide bonds. The summed E-state index contributed by atoms with van der Waals surface area (Å²) in [5, 5.41) is 10.4. The Morgan fingerprint density at radius 1 is 1.27 bits per heavy atom. The normalized spacial score (nSPS) is 16.4. The zero-order valence-corrected chi connectivity index (χ0v) is 13.1. The van der Waals surface area contributed by atoms with Crippen molar-refractivity contribution in [1.82, 2.24) is 4.90 Å². The van der Waals surface area contributed by atoms with Gasteiger partial charge in [0, 0.05) is 18.1 Å². The Balaban J connectivity index is 2.07. The second-order valence-electron chi connectivity index (χ2n) is 4.59. The third-order valence-electron chi connectivity index (χ3n) is 3.01. The van der Waals surface area contributed by atoms with Crippen molar-refractivity contribution in [2.24, 2.45) is 0 Å². The highest BCUT2D eigenvalue weighted by atomic mass is 32.2. The number of carboxylic acids is 1. The van der Waals surface area contributed by atoms with Crippen molar-refractivity contribution in [3.05, 3.63) is 40.3 Å². The van der Waals surface area contributed by atoms with E-state index in [1.54, 1.807) is 30.3 Å². The van der Waals surface area contributed by atoms with E-state index in [1.165, 1.54) is 16.7 Å². The minimum Gasteiger partial charge on any atom is -0.550 e. The van der Waals surface area contributed by atoms with Gasteiger partial charge in [-0.15, -0.1) is 0 Å². The molecule has 0 saturated carbocycles. The Morgan fingerprint density at radius 3 is 2.50 bits per heavy atom. The summed E-state index contributed by atoms with van der Waals surface area (Å²) < 4.78 is 0.416. The molecule has 114 valence electrons. The highest BCUT2D eigenvalue weighted by Gasteiger charge is 2.31. The molecule has 1 fully saturated rings. The molecule has 0 aliphatic carbocycles. The SMILES string of the molecule is O=Cc1ccc(/C=C2\SC(=S)N(CCCC(=O)[O-])C2=O)cc1. The zero-order valence-electron chi connectivity index (χ0n) is 11.5. The Labute approximate surface area is 137 Å². The summed E-state index contributed by atoms with van der Waals surface area (Å²) in [5.41, 5.74) is 1.35. The number of nitrogens with zero attached hydrogens (tertiary/aromatic N) is 1. The number of carbonyl (C=O) groups is 3. The Kier molecular flexibility index (Phi) is 5.46. The summed E-state index contributed by atoms with van der Waals surface area (Å²) in [6, 6.07) is 6.82. The van der Waals surface area contributed by atoms with Crippen LogP contribution in [0.5, 0.6) is 0 Å². The number of thioether (sulfide) groups is 1. The van der Waals surface area contributed by atoms with Crippen molar-refractivity contribution in [1.29, 1.82) is 0 Å². The van der Waals surface area contributed by atoms with Gasteiger partial charge in [-0.1, -0.05) is 48.2 Å². The molecule has 0 bridgehead atoms. The highest BCUT2D eigenvalue weighted by Crippen LogP contribution is 2.32. The number of benzene rings is 1. The largest absolute Gasteiger partial charge is 0.550 e. The molecule has 0 radical (unpaired) electrons. The molecule has 1 heterocycles. The van der Waals surface area contributed by atoms with Crippen LogP contribution in [0.3, 0.4) is 0 Å². The van der Waals surface area contributed by atoms with Gasteiger partial charge in [-0.3, -0.25) is 14.5 Å². The quantitative estimate of drug-likeness (QED) is 0.442. The first-order valence-corrected chi connectivity index (χ1v) is 7.74. The van der Waals surface area contributed by atoms with E-state index < -0.39 is 5.97 Å². The van der Waals surface area contributed by atoms with Crippen molar-refractivity contribution >= 4 is 52.5 Å². The fraction of sp³-hybridized carbons (Fsp3) is 0.200. The van der Waals surface area contributed by atoms with Gasteiger partial charge in [0.2, 0.25) is 0 Å². The minimum atomic E-state index is -1.14. The van der Waals surface area contributed by atoms with Crippen molar-refractivity contribution in [2.75, 3.05) is 6.54 Å². The molecule has 22 heavy (non-hydrogen) atoms. The second kappa shape index (κ2) is 7.33. The number of aliphatic carboxylic acids is 1. The average molecular weight is 334 g/mol. The monoisotopic (exact) mass is 334 g/mol. The Bertz CT molecular complexity index is 652. The van der Waals surface area contributed by atoms with Crippen LogP contribution in [0.25, 0.3) is 6.08 Å². The molecular weight excluding hydrogens is 322 g/mol. The van der Waals surface area contributed by atoms with Gasteiger partial charge in [0.15, 0.2) is 0 Å². The maximum Gasteiger partial charge on any atom is 0.266 e. The van der Waals surface area contributed by atoms with E-state index in [4.69, 9.17) is 12.2 Å². The van der Waals surface area contributed by atoms with Gasteiger partial charge < -0.3 is 9.90 Å². The van der Waals surface area contributed by atoms with Crippen LogP contribution in [0, 0.1) is 0 Å². The molecule has 1 aromatic carbocycles. The van der Waals surface area contributed by atoms with E-state index in [0.717, 1.165) is 11.8 Å². The summed E-state index contributed by atoms with van der Waals surface area (Å²) >= 11 is 6.33. The fourth-order valence-corrected chi connectivity index (χ4v) is 3.21. The third kappa shape index (κ3) is 4.02. The smallest absolute Gasteiger partial charge is 0.266 e. The molecule has 0 unspecified atom stereocenters. The molecule has 0 aromatic heterocycles. The number of hydrogen-bond donors (Lipinski definition) is 0. The van der Waals surface area contributed by atoms with Gasteiger partial charge in [-0.2, -0.15) is 0 Å². The summed E-state index contributed by atoms with van der Waals surface area (Å²) in [6.45, 7) is 0.264. The predicted molar refractivity (Wildman–Crippen MR) is 85.9 cm³/mol. The van der Waals surface area contributed by atoms with Crippen molar-refractivity contribution in [2.45, 2.75) is 12.8 Å².